The number of carbonyl (C=O) groups excluding carboxylic acids is 1. The van der Waals surface area contributed by atoms with Gasteiger partial charge in [0.05, 0.1) is 36.0 Å². The van der Waals surface area contributed by atoms with Gasteiger partial charge in [-0.25, -0.2) is 15.0 Å². The van der Waals surface area contributed by atoms with Crippen LogP contribution in [-0.4, -0.2) is 73.5 Å². The first-order chi connectivity index (χ1) is 21.6. The van der Waals surface area contributed by atoms with E-state index in [1.807, 2.05) is 17.0 Å². The first kappa shape index (κ1) is 31.7. The third-order valence-corrected chi connectivity index (χ3v) is 7.50. The van der Waals surface area contributed by atoms with Crippen LogP contribution in [-0.2, 0) is 15.7 Å². The molecule has 0 spiro atoms. The van der Waals surface area contributed by atoms with Gasteiger partial charge in [0.15, 0.2) is 5.69 Å². The number of aromatic nitrogens is 3. The number of pyridine rings is 2. The third kappa shape index (κ3) is 7.88. The second-order valence-corrected chi connectivity index (χ2v) is 10.6. The van der Waals surface area contributed by atoms with Crippen LogP contribution in [0.4, 0.5) is 36.2 Å². The Kier molecular flexibility index (Phi) is 9.83. The molecule has 2 fully saturated rings. The van der Waals surface area contributed by atoms with Gasteiger partial charge in [-0.3, -0.25) is 4.79 Å². The number of amides is 1. The molecule has 1 amide bonds. The monoisotopic (exact) mass is 625 g/mol. The van der Waals surface area contributed by atoms with Gasteiger partial charge in [0, 0.05) is 46.0 Å². The van der Waals surface area contributed by atoms with Crippen molar-refractivity contribution in [2.45, 2.75) is 31.2 Å². The number of nitrogens with two attached hydrogens (primary N) is 1. The molecule has 3 N–H and O–H groups in total. The fourth-order valence-electron chi connectivity index (χ4n) is 5.05. The lowest BCUT2D eigenvalue weighted by Crippen LogP contribution is -2.23. The van der Waals surface area contributed by atoms with Gasteiger partial charge in [-0.2, -0.15) is 13.2 Å². The molecule has 0 radical (unpaired) electrons. The molecule has 4 aromatic rings. The van der Waals surface area contributed by atoms with E-state index in [1.54, 1.807) is 62.9 Å². The minimum atomic E-state index is -4.87. The fourth-order valence-corrected chi connectivity index (χ4v) is 5.05. The molecule has 2 aliphatic rings. The number of nitrogens with one attached hydrogen (secondary N) is 1. The topological polar surface area (TPSA) is 132 Å². The minimum absolute atomic E-state index is 0.132. The van der Waals surface area contributed by atoms with Crippen LogP contribution >= 0.6 is 0 Å². The van der Waals surface area contributed by atoms with E-state index in [0.717, 1.165) is 38.3 Å². The highest BCUT2D eigenvalue weighted by atomic mass is 19.4. The largest absolute Gasteiger partial charge is 0.452 e. The summed E-state index contributed by atoms with van der Waals surface area (Å²) in [6.45, 7) is 3.42. The zero-order chi connectivity index (χ0) is 32.0. The summed E-state index contributed by atoms with van der Waals surface area (Å²) in [7, 11) is 3.41. The summed E-state index contributed by atoms with van der Waals surface area (Å²) in [5.41, 5.74) is 6.02. The maximum atomic E-state index is 13.4. The molecular weight excluding hydrogens is 591 g/mol. The Bertz CT molecular complexity index is 1550. The second kappa shape index (κ2) is 13.9. The number of oxazole rings is 1. The summed E-state index contributed by atoms with van der Waals surface area (Å²) in [5, 5.41) is 2.41. The Balaban J connectivity index is 0.000000238. The second-order valence-electron chi connectivity index (χ2n) is 10.6. The number of alkyl halides is 3. The Morgan fingerprint density at radius 3 is 2.00 bits per heavy atom. The lowest BCUT2D eigenvalue weighted by molar-refractivity contribution is -0.153. The number of hydrogen-bond donors (Lipinski definition) is 2. The van der Waals surface area contributed by atoms with Crippen molar-refractivity contribution in [3.8, 4) is 11.5 Å². The standard InChI is InChI=1S/C21H19F3N4O3.C10H15N3O/c1-30-15-9-10-28(12-15)16-8-7-14(11-25-16)26-19(29)17-18(21(22,23)24)31-20(27-17)13-5-3-2-4-6-13;1-14-9-4-5-13(7-9)10-3-2-8(11)6-12-10/h2-8,11,15H,9-10,12H2,1H3,(H,26,29);2-3,6,9H,4-5,7,11H2,1H3. The van der Waals surface area contributed by atoms with Crippen molar-refractivity contribution in [2.75, 3.05) is 61.2 Å². The fraction of sp³-hybridized carbons (Fsp3) is 0.355. The Morgan fingerprint density at radius 2 is 1.51 bits per heavy atom. The molecule has 14 heteroatoms. The Morgan fingerprint density at radius 1 is 0.911 bits per heavy atom. The third-order valence-electron chi connectivity index (χ3n) is 7.50. The first-order valence-corrected chi connectivity index (χ1v) is 14.3. The number of halogens is 3. The SMILES string of the molecule is COC1CCN(c2ccc(N)cn2)C1.COC1CCN(c2ccc(NC(=O)c3nc(-c4ccccc4)oc3C(F)(F)F)cn2)C1. The van der Waals surface area contributed by atoms with Gasteiger partial charge in [0.1, 0.15) is 11.6 Å². The van der Waals surface area contributed by atoms with Crippen molar-refractivity contribution in [1.29, 1.82) is 0 Å². The van der Waals surface area contributed by atoms with Crippen LogP contribution in [0.15, 0.2) is 71.4 Å². The van der Waals surface area contributed by atoms with Gasteiger partial charge < -0.3 is 34.7 Å². The summed E-state index contributed by atoms with van der Waals surface area (Å²) in [6, 6.07) is 15.2. The summed E-state index contributed by atoms with van der Waals surface area (Å²) in [6.07, 6.45) is 0.633. The van der Waals surface area contributed by atoms with Crippen LogP contribution < -0.4 is 20.9 Å². The number of rotatable bonds is 7. The quantitative estimate of drug-likeness (QED) is 0.285. The van der Waals surface area contributed by atoms with E-state index in [9.17, 15) is 18.0 Å². The summed E-state index contributed by atoms with van der Waals surface area (Å²) < 4.78 is 55.8. The number of carbonyl (C=O) groups is 1. The van der Waals surface area contributed by atoms with E-state index in [1.165, 1.54) is 6.20 Å². The maximum Gasteiger partial charge on any atom is 0.452 e. The van der Waals surface area contributed by atoms with Crippen LogP contribution in [0.3, 0.4) is 0 Å². The van der Waals surface area contributed by atoms with Crippen molar-refractivity contribution < 1.29 is 31.9 Å². The number of nitrogen functional groups attached to an aromatic ring is 1. The van der Waals surface area contributed by atoms with Gasteiger partial charge in [0.25, 0.3) is 5.91 Å². The highest BCUT2D eigenvalue weighted by molar-refractivity contribution is 6.04. The molecule has 0 bridgehead atoms. The highest BCUT2D eigenvalue weighted by Crippen LogP contribution is 2.35. The molecule has 2 unspecified atom stereocenters. The molecule has 238 valence electrons. The van der Waals surface area contributed by atoms with Gasteiger partial charge in [-0.05, 0) is 49.2 Å². The molecule has 1 aromatic carbocycles. The minimum Gasteiger partial charge on any atom is -0.431 e. The van der Waals surface area contributed by atoms with Gasteiger partial charge in [-0.1, -0.05) is 18.2 Å². The van der Waals surface area contributed by atoms with Gasteiger partial charge in [0.2, 0.25) is 11.7 Å². The molecule has 2 aliphatic heterocycles. The Hall–Kier alpha value is -4.69. The number of nitrogens with zero attached hydrogens (tertiary/aromatic N) is 5. The molecule has 3 aromatic heterocycles. The summed E-state index contributed by atoms with van der Waals surface area (Å²) in [5.74, 6) is -1.09. The van der Waals surface area contributed by atoms with E-state index < -0.39 is 23.5 Å². The lowest BCUT2D eigenvalue weighted by Gasteiger charge is -2.17. The molecule has 11 nitrogen and oxygen atoms in total. The number of hydrogen-bond acceptors (Lipinski definition) is 10. The maximum absolute atomic E-state index is 13.4. The predicted molar refractivity (Wildman–Crippen MR) is 163 cm³/mol. The van der Waals surface area contributed by atoms with Crippen LogP contribution in [0.5, 0.6) is 0 Å². The zero-order valence-corrected chi connectivity index (χ0v) is 24.8. The van der Waals surface area contributed by atoms with E-state index in [2.05, 4.69) is 25.2 Å². The molecular formula is C31H34F3N7O4. The Labute approximate surface area is 258 Å². The van der Waals surface area contributed by atoms with E-state index >= 15 is 0 Å². The molecule has 2 atom stereocenters. The number of methoxy groups -OCH3 is 2. The summed E-state index contributed by atoms with van der Waals surface area (Å²) in [4.78, 5) is 29.2. The van der Waals surface area contributed by atoms with Gasteiger partial charge >= 0.3 is 6.18 Å². The number of benzene rings is 1. The normalized spacial score (nSPS) is 18.1. The van der Waals surface area contributed by atoms with E-state index in [0.29, 0.717) is 29.7 Å². The number of anilines is 4. The van der Waals surface area contributed by atoms with Crippen LogP contribution in [0.1, 0.15) is 29.1 Å². The van der Waals surface area contributed by atoms with E-state index in [4.69, 9.17) is 19.6 Å². The molecule has 2 saturated heterocycles. The highest BCUT2D eigenvalue weighted by Gasteiger charge is 2.42. The van der Waals surface area contributed by atoms with Crippen molar-refractivity contribution in [3.05, 3.63) is 78.4 Å². The number of ether oxygens (including phenoxy) is 2. The van der Waals surface area contributed by atoms with Gasteiger partial charge in [-0.15, -0.1) is 0 Å². The van der Waals surface area contributed by atoms with Crippen molar-refractivity contribution in [2.24, 2.45) is 0 Å². The predicted octanol–water partition coefficient (Wildman–Crippen LogP) is 5.12. The summed E-state index contributed by atoms with van der Waals surface area (Å²) >= 11 is 0. The molecule has 0 aliphatic carbocycles. The van der Waals surface area contributed by atoms with E-state index in [-0.39, 0.29) is 17.7 Å². The molecule has 6 rings (SSSR count). The lowest BCUT2D eigenvalue weighted by atomic mass is 10.2. The molecule has 5 heterocycles. The smallest absolute Gasteiger partial charge is 0.431 e. The van der Waals surface area contributed by atoms with Crippen LogP contribution in [0, 0.1) is 0 Å². The van der Waals surface area contributed by atoms with Crippen molar-refractivity contribution in [3.63, 3.8) is 0 Å². The first-order valence-electron chi connectivity index (χ1n) is 14.3. The van der Waals surface area contributed by atoms with Crippen molar-refractivity contribution >= 4 is 28.9 Å². The molecule has 45 heavy (non-hydrogen) atoms. The van der Waals surface area contributed by atoms with Crippen molar-refractivity contribution in [1.82, 2.24) is 15.0 Å². The molecule has 0 saturated carbocycles. The average Bonchev–Trinajstić information content (AvgIpc) is 3.82. The van der Waals surface area contributed by atoms with Crippen LogP contribution in [0.25, 0.3) is 11.5 Å². The average molecular weight is 626 g/mol. The zero-order valence-electron chi connectivity index (χ0n) is 24.8. The van der Waals surface area contributed by atoms with Crippen LogP contribution in [0.2, 0.25) is 0 Å².